The maximum Gasteiger partial charge on any atom is 0.203 e. The molecule has 6 heteroatoms. The zero-order valence-corrected chi connectivity index (χ0v) is 16.6. The van der Waals surface area contributed by atoms with Crippen molar-refractivity contribution in [3.05, 3.63) is 49.8 Å². The van der Waals surface area contributed by atoms with Crippen LogP contribution >= 0.6 is 47.8 Å². The molecule has 0 aliphatic rings. The molecule has 0 saturated heterocycles. The highest BCUT2D eigenvalue weighted by Gasteiger charge is 2.08. The monoisotopic (exact) mass is 480 g/mol. The minimum absolute atomic E-state index is 0.627. The molecule has 0 bridgehead atoms. The number of methoxy groups -OCH3 is 3. The SMILES string of the molecule is Brc1cc(Br)cc(Br)c1.COc1cccc(OC)c1OC. The van der Waals surface area contributed by atoms with Crippen LogP contribution in [0.4, 0.5) is 0 Å². The Morgan fingerprint density at radius 2 is 1.05 bits per heavy atom. The summed E-state index contributed by atoms with van der Waals surface area (Å²) in [7, 11) is 4.77. The highest BCUT2D eigenvalue weighted by molar-refractivity contribution is 9.11. The van der Waals surface area contributed by atoms with E-state index in [4.69, 9.17) is 14.2 Å². The summed E-state index contributed by atoms with van der Waals surface area (Å²) in [5.74, 6) is 1.98. The van der Waals surface area contributed by atoms with Crippen LogP contribution in [0.2, 0.25) is 0 Å². The lowest BCUT2D eigenvalue weighted by atomic mass is 10.3. The Bertz CT molecular complexity index is 516. The van der Waals surface area contributed by atoms with Gasteiger partial charge in [-0.25, -0.2) is 0 Å². The lowest BCUT2D eigenvalue weighted by molar-refractivity contribution is 0.324. The van der Waals surface area contributed by atoms with E-state index in [1.165, 1.54) is 0 Å². The number of hydrogen-bond acceptors (Lipinski definition) is 3. The quantitative estimate of drug-likeness (QED) is 0.562. The van der Waals surface area contributed by atoms with Crippen LogP contribution in [0.25, 0.3) is 0 Å². The van der Waals surface area contributed by atoms with Gasteiger partial charge in [0, 0.05) is 13.4 Å². The third kappa shape index (κ3) is 5.88. The van der Waals surface area contributed by atoms with Crippen LogP contribution in [0.3, 0.4) is 0 Å². The van der Waals surface area contributed by atoms with Gasteiger partial charge in [0.05, 0.1) is 21.3 Å². The Morgan fingerprint density at radius 3 is 1.33 bits per heavy atom. The first-order valence-electron chi connectivity index (χ1n) is 5.88. The molecule has 0 fully saturated rings. The van der Waals surface area contributed by atoms with E-state index in [0.29, 0.717) is 17.2 Å². The van der Waals surface area contributed by atoms with Crippen molar-refractivity contribution in [2.45, 2.75) is 0 Å². The summed E-state index contributed by atoms with van der Waals surface area (Å²) in [6.45, 7) is 0. The maximum absolute atomic E-state index is 5.11. The second-order valence-corrected chi connectivity index (χ2v) is 6.53. The predicted octanol–water partition coefficient (Wildman–Crippen LogP) is 5.69. The molecule has 2 aromatic carbocycles. The molecule has 0 aliphatic carbocycles. The molecule has 0 atom stereocenters. The van der Waals surface area contributed by atoms with Gasteiger partial charge in [0.25, 0.3) is 0 Å². The van der Waals surface area contributed by atoms with Crippen molar-refractivity contribution in [2.24, 2.45) is 0 Å². The second-order valence-electron chi connectivity index (χ2n) is 3.78. The van der Waals surface area contributed by atoms with Crippen molar-refractivity contribution >= 4 is 47.8 Å². The summed E-state index contributed by atoms with van der Waals surface area (Å²) < 4.78 is 18.5. The van der Waals surface area contributed by atoms with Gasteiger partial charge in [-0.3, -0.25) is 0 Å². The standard InChI is InChI=1S/C9H12O3.C6H3Br3/c1-10-7-5-4-6-8(11-2)9(7)12-3;7-4-1-5(8)3-6(9)2-4/h4-6H,1-3H3;1-3H. The molecular weight excluding hydrogens is 468 g/mol. The molecule has 3 nitrogen and oxygen atoms in total. The third-order valence-electron chi connectivity index (χ3n) is 2.41. The van der Waals surface area contributed by atoms with E-state index in [1.54, 1.807) is 21.3 Å². The minimum atomic E-state index is 0.627. The molecule has 0 heterocycles. The molecule has 0 spiro atoms. The van der Waals surface area contributed by atoms with Crippen molar-refractivity contribution in [1.82, 2.24) is 0 Å². The van der Waals surface area contributed by atoms with Gasteiger partial charge in [-0.05, 0) is 30.3 Å². The molecule has 0 aromatic heterocycles. The van der Waals surface area contributed by atoms with Gasteiger partial charge in [-0.15, -0.1) is 0 Å². The van der Waals surface area contributed by atoms with Gasteiger partial charge in [0.2, 0.25) is 5.75 Å². The van der Waals surface area contributed by atoms with E-state index in [0.717, 1.165) is 13.4 Å². The first kappa shape index (κ1) is 18.3. The van der Waals surface area contributed by atoms with Crippen molar-refractivity contribution < 1.29 is 14.2 Å². The maximum atomic E-state index is 5.11. The topological polar surface area (TPSA) is 27.7 Å². The van der Waals surface area contributed by atoms with E-state index in [1.807, 2.05) is 36.4 Å². The smallest absolute Gasteiger partial charge is 0.203 e. The first-order valence-corrected chi connectivity index (χ1v) is 8.26. The Hall–Kier alpha value is -0.720. The fraction of sp³-hybridized carbons (Fsp3) is 0.200. The highest BCUT2D eigenvalue weighted by Crippen LogP contribution is 2.35. The molecule has 0 aliphatic heterocycles. The predicted molar refractivity (Wildman–Crippen MR) is 95.6 cm³/mol. The molecule has 2 aromatic rings. The molecule has 2 rings (SSSR count). The summed E-state index contributed by atoms with van der Waals surface area (Å²) in [6.07, 6.45) is 0. The number of rotatable bonds is 3. The van der Waals surface area contributed by atoms with Crippen molar-refractivity contribution in [2.75, 3.05) is 21.3 Å². The number of benzene rings is 2. The first-order chi connectivity index (χ1) is 10.0. The largest absolute Gasteiger partial charge is 0.493 e. The fourth-order valence-electron chi connectivity index (χ4n) is 1.54. The lowest BCUT2D eigenvalue weighted by Crippen LogP contribution is -1.93. The van der Waals surface area contributed by atoms with Crippen LogP contribution in [0.15, 0.2) is 49.8 Å². The van der Waals surface area contributed by atoms with Crippen LogP contribution in [-0.4, -0.2) is 21.3 Å². The fourth-order valence-corrected chi connectivity index (χ4v) is 3.94. The van der Waals surface area contributed by atoms with Crippen LogP contribution in [-0.2, 0) is 0 Å². The van der Waals surface area contributed by atoms with Crippen molar-refractivity contribution in [1.29, 1.82) is 0 Å². The van der Waals surface area contributed by atoms with Crippen molar-refractivity contribution in [3.63, 3.8) is 0 Å². The van der Waals surface area contributed by atoms with Gasteiger partial charge in [0.15, 0.2) is 11.5 Å². The van der Waals surface area contributed by atoms with Gasteiger partial charge in [0.1, 0.15) is 0 Å². The Kier molecular flexibility index (Phi) is 8.14. The summed E-state index contributed by atoms with van der Waals surface area (Å²) in [6, 6.07) is 11.5. The minimum Gasteiger partial charge on any atom is -0.493 e. The second kappa shape index (κ2) is 9.33. The Labute approximate surface area is 150 Å². The summed E-state index contributed by atoms with van der Waals surface area (Å²) in [5.41, 5.74) is 0. The number of ether oxygens (including phenoxy) is 3. The normalized spacial score (nSPS) is 9.43. The Morgan fingerprint density at radius 1 is 0.667 bits per heavy atom. The summed E-state index contributed by atoms with van der Waals surface area (Å²) >= 11 is 10.1. The van der Waals surface area contributed by atoms with Gasteiger partial charge in [-0.2, -0.15) is 0 Å². The average molecular weight is 483 g/mol. The third-order valence-corrected chi connectivity index (χ3v) is 3.79. The van der Waals surface area contributed by atoms with Gasteiger partial charge >= 0.3 is 0 Å². The van der Waals surface area contributed by atoms with E-state index >= 15 is 0 Å². The van der Waals surface area contributed by atoms with Gasteiger partial charge in [-0.1, -0.05) is 53.9 Å². The average Bonchev–Trinajstić information content (AvgIpc) is 2.45. The van der Waals surface area contributed by atoms with Crippen LogP contribution in [0.5, 0.6) is 17.2 Å². The number of para-hydroxylation sites is 1. The summed E-state index contributed by atoms with van der Waals surface area (Å²) in [4.78, 5) is 0. The van der Waals surface area contributed by atoms with Crippen LogP contribution in [0, 0.1) is 0 Å². The van der Waals surface area contributed by atoms with Crippen LogP contribution < -0.4 is 14.2 Å². The summed E-state index contributed by atoms with van der Waals surface area (Å²) in [5, 5.41) is 0. The Balaban J connectivity index is 0.000000219. The zero-order valence-electron chi connectivity index (χ0n) is 11.8. The molecule has 0 unspecified atom stereocenters. The molecule has 0 saturated carbocycles. The van der Waals surface area contributed by atoms with E-state index in [2.05, 4.69) is 47.8 Å². The molecule has 0 N–H and O–H groups in total. The van der Waals surface area contributed by atoms with E-state index in [9.17, 15) is 0 Å². The van der Waals surface area contributed by atoms with E-state index in [-0.39, 0.29) is 0 Å². The molecule has 0 amide bonds. The molecular formula is C15H15Br3O3. The van der Waals surface area contributed by atoms with Crippen molar-refractivity contribution in [3.8, 4) is 17.2 Å². The molecule has 0 radical (unpaired) electrons. The molecule has 114 valence electrons. The van der Waals surface area contributed by atoms with E-state index < -0.39 is 0 Å². The number of hydrogen-bond donors (Lipinski definition) is 0. The molecule has 21 heavy (non-hydrogen) atoms. The van der Waals surface area contributed by atoms with Gasteiger partial charge < -0.3 is 14.2 Å². The number of halogens is 3. The lowest BCUT2D eigenvalue weighted by Gasteiger charge is -2.10. The zero-order chi connectivity index (χ0) is 15.8. The highest BCUT2D eigenvalue weighted by atomic mass is 79.9. The van der Waals surface area contributed by atoms with Crippen LogP contribution in [0.1, 0.15) is 0 Å².